The zero-order chi connectivity index (χ0) is 19.3. The number of imidazole rings is 1. The average molecular weight is 393 g/mol. The molecule has 7 nitrogen and oxygen atoms in total. The van der Waals surface area contributed by atoms with Gasteiger partial charge in [-0.05, 0) is 36.5 Å². The zero-order valence-electron chi connectivity index (χ0n) is 14.7. The Hall–Kier alpha value is -2.49. The Bertz CT molecular complexity index is 1140. The molecule has 0 amide bonds. The van der Waals surface area contributed by atoms with Crippen LogP contribution in [0.1, 0.15) is 43.4 Å². The van der Waals surface area contributed by atoms with E-state index in [9.17, 15) is 17.2 Å². The lowest BCUT2D eigenvalue weighted by Crippen LogP contribution is -2.09. The number of alkyl halides is 2. The molecule has 0 N–H and O–H groups in total. The maximum absolute atomic E-state index is 12.9. The minimum Gasteiger partial charge on any atom is -0.309 e. The predicted molar refractivity (Wildman–Crippen MR) is 94.2 cm³/mol. The van der Waals surface area contributed by atoms with Crippen molar-refractivity contribution in [3.05, 3.63) is 29.6 Å². The van der Waals surface area contributed by atoms with Gasteiger partial charge in [0.15, 0.2) is 21.3 Å². The summed E-state index contributed by atoms with van der Waals surface area (Å²) in [6.07, 6.45) is 0.937. The van der Waals surface area contributed by atoms with E-state index in [1.807, 2.05) is 0 Å². The van der Waals surface area contributed by atoms with Crippen molar-refractivity contribution in [3.8, 4) is 11.5 Å². The molecular formula is C17H17F2N5O2S. The fraction of sp³-hybridized carbons (Fsp3) is 0.412. The van der Waals surface area contributed by atoms with Gasteiger partial charge in [0.2, 0.25) is 0 Å². The van der Waals surface area contributed by atoms with Crippen molar-refractivity contribution in [2.75, 3.05) is 5.75 Å². The second-order valence-corrected chi connectivity index (χ2v) is 8.81. The van der Waals surface area contributed by atoms with Crippen LogP contribution in [-0.2, 0) is 16.9 Å². The average Bonchev–Trinajstić information content (AvgIpc) is 3.45. The molecule has 10 heteroatoms. The van der Waals surface area contributed by atoms with Gasteiger partial charge in [-0.25, -0.2) is 22.2 Å². The van der Waals surface area contributed by atoms with Crippen LogP contribution in [0, 0.1) is 0 Å². The quantitative estimate of drug-likeness (QED) is 0.662. The van der Waals surface area contributed by atoms with Crippen molar-refractivity contribution in [1.29, 1.82) is 0 Å². The lowest BCUT2D eigenvalue weighted by atomic mass is 10.2. The molecule has 0 aliphatic heterocycles. The van der Waals surface area contributed by atoms with Gasteiger partial charge < -0.3 is 4.57 Å². The van der Waals surface area contributed by atoms with E-state index in [4.69, 9.17) is 0 Å². The predicted octanol–water partition coefficient (Wildman–Crippen LogP) is 3.03. The molecule has 0 aromatic carbocycles. The van der Waals surface area contributed by atoms with E-state index in [0.717, 1.165) is 24.5 Å². The SMILES string of the molecule is CCS(=O)(=O)c1cc(C2CC2)cnc1-c1nc2cc(C(F)F)nnc2n1C. The van der Waals surface area contributed by atoms with Crippen molar-refractivity contribution < 1.29 is 17.2 Å². The number of sulfone groups is 1. The van der Waals surface area contributed by atoms with E-state index in [1.165, 1.54) is 4.57 Å². The molecule has 0 unspecified atom stereocenters. The molecular weight excluding hydrogens is 376 g/mol. The Labute approximate surface area is 154 Å². The second kappa shape index (κ2) is 6.29. The van der Waals surface area contributed by atoms with Crippen molar-refractivity contribution >= 4 is 21.0 Å². The van der Waals surface area contributed by atoms with E-state index in [1.54, 1.807) is 26.2 Å². The maximum Gasteiger partial charge on any atom is 0.282 e. The fourth-order valence-corrected chi connectivity index (χ4v) is 4.04. The van der Waals surface area contributed by atoms with Gasteiger partial charge >= 0.3 is 0 Å². The van der Waals surface area contributed by atoms with Crippen molar-refractivity contribution in [1.82, 2.24) is 24.7 Å². The van der Waals surface area contributed by atoms with Crippen LogP contribution in [0.15, 0.2) is 23.2 Å². The number of fused-ring (bicyclic) bond motifs is 1. The number of hydrogen-bond donors (Lipinski definition) is 0. The number of hydrogen-bond acceptors (Lipinski definition) is 6. The van der Waals surface area contributed by atoms with Gasteiger partial charge in [0.05, 0.1) is 10.6 Å². The van der Waals surface area contributed by atoms with Crippen LogP contribution in [0.5, 0.6) is 0 Å². The Morgan fingerprint density at radius 2 is 2.00 bits per heavy atom. The number of aryl methyl sites for hydroxylation is 1. The number of aromatic nitrogens is 5. The first kappa shape index (κ1) is 17.9. The monoisotopic (exact) mass is 393 g/mol. The van der Waals surface area contributed by atoms with Gasteiger partial charge in [0.25, 0.3) is 6.43 Å². The van der Waals surface area contributed by atoms with Crippen molar-refractivity contribution in [3.63, 3.8) is 0 Å². The topological polar surface area (TPSA) is 90.6 Å². The summed E-state index contributed by atoms with van der Waals surface area (Å²) < 4.78 is 52.6. The Morgan fingerprint density at radius 1 is 1.26 bits per heavy atom. The smallest absolute Gasteiger partial charge is 0.282 e. The molecule has 3 aromatic rings. The molecule has 3 aromatic heterocycles. The fourth-order valence-electron chi connectivity index (χ4n) is 2.98. The van der Waals surface area contributed by atoms with E-state index >= 15 is 0 Å². The highest BCUT2D eigenvalue weighted by Gasteiger charge is 2.29. The molecule has 0 atom stereocenters. The summed E-state index contributed by atoms with van der Waals surface area (Å²) in [6, 6.07) is 2.82. The molecule has 0 saturated heterocycles. The van der Waals surface area contributed by atoms with Crippen LogP contribution < -0.4 is 0 Å². The summed E-state index contributed by atoms with van der Waals surface area (Å²) in [5.74, 6) is 0.520. The molecule has 4 rings (SSSR count). The Balaban J connectivity index is 1.93. The van der Waals surface area contributed by atoms with Crippen molar-refractivity contribution in [2.24, 2.45) is 7.05 Å². The number of halogens is 2. The highest BCUT2D eigenvalue weighted by atomic mass is 32.2. The summed E-state index contributed by atoms with van der Waals surface area (Å²) in [6.45, 7) is 1.57. The summed E-state index contributed by atoms with van der Waals surface area (Å²) in [5.41, 5.74) is 1.10. The summed E-state index contributed by atoms with van der Waals surface area (Å²) in [5, 5.41) is 7.32. The lowest BCUT2D eigenvalue weighted by molar-refractivity contribution is 0.145. The molecule has 1 saturated carbocycles. The molecule has 1 aliphatic carbocycles. The molecule has 1 fully saturated rings. The summed E-state index contributed by atoms with van der Waals surface area (Å²) >= 11 is 0. The number of nitrogens with zero attached hydrogens (tertiary/aromatic N) is 5. The van der Waals surface area contributed by atoms with Crippen LogP contribution >= 0.6 is 0 Å². The van der Waals surface area contributed by atoms with E-state index in [0.29, 0.717) is 5.92 Å². The maximum atomic E-state index is 12.9. The third kappa shape index (κ3) is 3.07. The van der Waals surface area contributed by atoms with Crippen LogP contribution in [0.3, 0.4) is 0 Å². The highest BCUT2D eigenvalue weighted by Crippen LogP contribution is 2.41. The molecule has 3 heterocycles. The van der Waals surface area contributed by atoms with Gasteiger partial charge in [-0.15, -0.1) is 10.2 Å². The molecule has 0 spiro atoms. The van der Waals surface area contributed by atoms with Crippen LogP contribution in [0.2, 0.25) is 0 Å². The van der Waals surface area contributed by atoms with E-state index < -0.39 is 22.0 Å². The molecule has 27 heavy (non-hydrogen) atoms. The zero-order valence-corrected chi connectivity index (χ0v) is 15.5. The normalized spacial score (nSPS) is 15.0. The minimum atomic E-state index is -3.55. The number of pyridine rings is 1. The van der Waals surface area contributed by atoms with Gasteiger partial charge in [0, 0.05) is 13.2 Å². The van der Waals surface area contributed by atoms with Crippen LogP contribution in [-0.4, -0.2) is 38.9 Å². The van der Waals surface area contributed by atoms with Gasteiger partial charge in [-0.2, -0.15) is 0 Å². The summed E-state index contributed by atoms with van der Waals surface area (Å²) in [4.78, 5) is 8.81. The minimum absolute atomic E-state index is 0.0743. The standard InChI is InChI=1S/C17H17F2N5O2S/c1-3-27(25,26)13-6-10(9-4-5-9)8-20-14(13)17-21-12-7-11(15(18)19)22-23-16(12)24(17)2/h6-9,15H,3-5H2,1-2H3. The first-order valence-electron chi connectivity index (χ1n) is 8.53. The molecule has 0 bridgehead atoms. The largest absolute Gasteiger partial charge is 0.309 e. The molecule has 1 aliphatic rings. The van der Waals surface area contributed by atoms with Gasteiger partial charge in [0.1, 0.15) is 16.9 Å². The Kier molecular flexibility index (Phi) is 4.17. The van der Waals surface area contributed by atoms with E-state index in [2.05, 4.69) is 20.2 Å². The summed E-state index contributed by atoms with van der Waals surface area (Å²) in [7, 11) is -1.93. The Morgan fingerprint density at radius 3 is 2.63 bits per heavy atom. The first-order valence-corrected chi connectivity index (χ1v) is 10.2. The number of rotatable bonds is 5. The van der Waals surface area contributed by atoms with Crippen molar-refractivity contribution in [2.45, 2.75) is 37.0 Å². The second-order valence-electron chi connectivity index (χ2n) is 6.57. The third-order valence-electron chi connectivity index (χ3n) is 4.71. The highest BCUT2D eigenvalue weighted by molar-refractivity contribution is 7.91. The van der Waals surface area contributed by atoms with Crippen LogP contribution in [0.25, 0.3) is 22.7 Å². The van der Waals surface area contributed by atoms with Crippen LogP contribution in [0.4, 0.5) is 8.78 Å². The first-order chi connectivity index (χ1) is 12.8. The van der Waals surface area contributed by atoms with Gasteiger partial charge in [-0.1, -0.05) is 6.92 Å². The molecule has 0 radical (unpaired) electrons. The third-order valence-corrected chi connectivity index (χ3v) is 6.45. The molecule has 142 valence electrons. The van der Waals surface area contributed by atoms with E-state index in [-0.39, 0.29) is 33.3 Å². The van der Waals surface area contributed by atoms with Gasteiger partial charge in [-0.3, -0.25) is 4.98 Å². The lowest BCUT2D eigenvalue weighted by Gasteiger charge is -2.10.